The lowest BCUT2D eigenvalue weighted by Gasteiger charge is -2.18. The van der Waals surface area contributed by atoms with Crippen LogP contribution in [0.3, 0.4) is 0 Å². The number of benzene rings is 1. The minimum atomic E-state index is -0.219. The Labute approximate surface area is 145 Å². The zero-order valence-electron chi connectivity index (χ0n) is 13.9. The molecule has 0 unspecified atom stereocenters. The van der Waals surface area contributed by atoms with Crippen molar-refractivity contribution in [2.45, 2.75) is 44.3 Å². The van der Waals surface area contributed by atoms with E-state index in [0.29, 0.717) is 34.7 Å². The zero-order chi connectivity index (χ0) is 17.5. The largest absolute Gasteiger partial charge is 0.284 e. The maximum Gasteiger partial charge on any atom is 0.262 e. The van der Waals surface area contributed by atoms with Crippen LogP contribution in [0.15, 0.2) is 34.2 Å². The Morgan fingerprint density at radius 3 is 2.75 bits per heavy atom. The number of nitriles is 2. The molecule has 1 aromatic carbocycles. The summed E-state index contributed by atoms with van der Waals surface area (Å²) in [5.41, 5.74) is 0.637. The Balaban J connectivity index is 2.39. The van der Waals surface area contributed by atoms with Gasteiger partial charge in [0.2, 0.25) is 0 Å². The number of rotatable bonds is 7. The van der Waals surface area contributed by atoms with Crippen molar-refractivity contribution in [2.24, 2.45) is 5.92 Å². The average molecular weight is 340 g/mol. The van der Waals surface area contributed by atoms with Crippen LogP contribution < -0.4 is 5.56 Å². The van der Waals surface area contributed by atoms with Gasteiger partial charge in [-0.1, -0.05) is 30.8 Å². The molecular weight excluding hydrogens is 320 g/mol. The van der Waals surface area contributed by atoms with Crippen LogP contribution in [0.5, 0.6) is 0 Å². The summed E-state index contributed by atoms with van der Waals surface area (Å²) in [7, 11) is 0. The van der Waals surface area contributed by atoms with Crippen molar-refractivity contribution >= 4 is 22.7 Å². The lowest BCUT2D eigenvalue weighted by atomic mass is 10.1. The first-order chi connectivity index (χ1) is 11.6. The van der Waals surface area contributed by atoms with E-state index in [4.69, 9.17) is 5.26 Å². The molecule has 0 saturated heterocycles. The molecule has 0 saturated carbocycles. The summed E-state index contributed by atoms with van der Waals surface area (Å²) in [6, 6.07) is 11.7. The monoisotopic (exact) mass is 340 g/mol. The van der Waals surface area contributed by atoms with Crippen molar-refractivity contribution in [2.75, 3.05) is 5.75 Å². The van der Waals surface area contributed by atoms with Crippen molar-refractivity contribution < 1.29 is 0 Å². The predicted octanol–water partition coefficient (Wildman–Crippen LogP) is 3.90. The number of aromatic nitrogens is 2. The molecule has 24 heavy (non-hydrogen) atoms. The highest BCUT2D eigenvalue weighted by Crippen LogP contribution is 2.25. The van der Waals surface area contributed by atoms with Crippen LogP contribution in [0.4, 0.5) is 0 Å². The molecule has 0 aliphatic heterocycles. The molecule has 0 radical (unpaired) electrons. The number of thioether (sulfide) groups is 1. The highest BCUT2D eigenvalue weighted by Gasteiger charge is 2.17. The van der Waals surface area contributed by atoms with Crippen LogP contribution in [0.1, 0.15) is 39.2 Å². The third-order valence-electron chi connectivity index (χ3n) is 4.01. The van der Waals surface area contributed by atoms with Gasteiger partial charge in [-0.3, -0.25) is 9.36 Å². The minimum absolute atomic E-state index is 0.0387. The van der Waals surface area contributed by atoms with Gasteiger partial charge in [-0.05, 0) is 31.9 Å². The molecular formula is C18H20N4OS. The van der Waals surface area contributed by atoms with Gasteiger partial charge in [0.15, 0.2) is 5.16 Å². The van der Waals surface area contributed by atoms with Gasteiger partial charge in [0.05, 0.1) is 29.0 Å². The fraction of sp³-hybridized carbons (Fsp3) is 0.444. The van der Waals surface area contributed by atoms with Crippen molar-refractivity contribution in [3.63, 3.8) is 0 Å². The van der Waals surface area contributed by atoms with Crippen LogP contribution in [-0.4, -0.2) is 15.3 Å². The van der Waals surface area contributed by atoms with Gasteiger partial charge in [-0.15, -0.1) is 0 Å². The van der Waals surface area contributed by atoms with Crippen LogP contribution in [0.2, 0.25) is 0 Å². The summed E-state index contributed by atoms with van der Waals surface area (Å²) in [4.78, 5) is 17.5. The molecule has 0 spiro atoms. The Morgan fingerprint density at radius 2 is 2.08 bits per heavy atom. The van der Waals surface area contributed by atoms with E-state index >= 15 is 0 Å². The van der Waals surface area contributed by atoms with E-state index in [1.807, 2.05) is 32.0 Å². The van der Waals surface area contributed by atoms with Gasteiger partial charge in [-0.2, -0.15) is 10.5 Å². The van der Waals surface area contributed by atoms with E-state index in [0.717, 1.165) is 6.42 Å². The van der Waals surface area contributed by atoms with Crippen molar-refractivity contribution in [1.29, 1.82) is 10.5 Å². The average Bonchev–Trinajstić information content (AvgIpc) is 2.61. The summed E-state index contributed by atoms with van der Waals surface area (Å²) in [5, 5.41) is 19.2. The molecule has 5 nitrogen and oxygen atoms in total. The summed E-state index contributed by atoms with van der Waals surface area (Å²) >= 11 is 1.42. The Bertz CT molecular complexity index is 847. The Kier molecular flexibility index (Phi) is 6.40. The second-order valence-electron chi connectivity index (χ2n) is 5.68. The third-order valence-corrected chi connectivity index (χ3v) is 5.12. The normalized spacial score (nSPS) is 13.2. The molecule has 124 valence electrons. The van der Waals surface area contributed by atoms with Crippen molar-refractivity contribution in [1.82, 2.24) is 9.55 Å². The first kappa shape index (κ1) is 18.0. The maximum atomic E-state index is 12.8. The van der Waals surface area contributed by atoms with Crippen LogP contribution >= 0.6 is 11.8 Å². The van der Waals surface area contributed by atoms with E-state index in [2.05, 4.69) is 17.1 Å². The quantitative estimate of drug-likeness (QED) is 0.564. The molecule has 0 bridgehead atoms. The second kappa shape index (κ2) is 8.52. The number of para-hydroxylation sites is 1. The highest BCUT2D eigenvalue weighted by atomic mass is 32.2. The molecule has 0 aliphatic carbocycles. The first-order valence-corrected chi connectivity index (χ1v) is 9.01. The van der Waals surface area contributed by atoms with Crippen LogP contribution in [0.25, 0.3) is 10.9 Å². The van der Waals surface area contributed by atoms with Crippen LogP contribution in [-0.2, 0) is 0 Å². The van der Waals surface area contributed by atoms with E-state index in [1.165, 1.54) is 11.8 Å². The highest BCUT2D eigenvalue weighted by molar-refractivity contribution is 7.99. The Morgan fingerprint density at radius 1 is 1.33 bits per heavy atom. The van der Waals surface area contributed by atoms with Crippen LogP contribution in [0, 0.1) is 28.6 Å². The molecule has 6 heteroatoms. The number of fused-ring (bicyclic) bond motifs is 1. The second-order valence-corrected chi connectivity index (χ2v) is 6.66. The van der Waals surface area contributed by atoms with E-state index in [9.17, 15) is 10.1 Å². The maximum absolute atomic E-state index is 12.8. The standard InChI is InChI=1S/C18H20N4OS/c1-3-13(2)22-17(23)15-8-4-5-9-16(15)21-18(22)24-12-14(11-20)7-6-10-19/h4-5,8-9,13-14H,3,6-7,12H2,1-2H3/t13-,14+/m0/s1. The summed E-state index contributed by atoms with van der Waals surface area (Å²) < 4.78 is 1.73. The lowest BCUT2D eigenvalue weighted by Crippen LogP contribution is -2.26. The first-order valence-electron chi connectivity index (χ1n) is 8.03. The number of hydrogen-bond donors (Lipinski definition) is 0. The SMILES string of the molecule is CC[C@H](C)n1c(SC[C@@H](C#N)CCC#N)nc2ccccc2c1=O. The molecule has 1 heterocycles. The minimum Gasteiger partial charge on any atom is -0.284 e. The zero-order valence-corrected chi connectivity index (χ0v) is 14.7. The topological polar surface area (TPSA) is 82.5 Å². The van der Waals surface area contributed by atoms with E-state index < -0.39 is 0 Å². The van der Waals surface area contributed by atoms with Crippen molar-refractivity contribution in [3.8, 4) is 12.1 Å². The molecule has 0 N–H and O–H groups in total. The summed E-state index contributed by atoms with van der Waals surface area (Å²) in [6.45, 7) is 4.03. The fourth-order valence-corrected chi connectivity index (χ4v) is 3.55. The Hall–Kier alpha value is -2.31. The summed E-state index contributed by atoms with van der Waals surface area (Å²) in [5.74, 6) is 0.308. The van der Waals surface area contributed by atoms with E-state index in [-0.39, 0.29) is 17.5 Å². The van der Waals surface area contributed by atoms with Crippen molar-refractivity contribution in [3.05, 3.63) is 34.6 Å². The molecule has 2 rings (SSSR count). The molecule has 0 fully saturated rings. The van der Waals surface area contributed by atoms with Gasteiger partial charge in [0, 0.05) is 18.2 Å². The summed E-state index contributed by atoms with van der Waals surface area (Å²) in [6.07, 6.45) is 1.73. The van der Waals surface area contributed by atoms with Gasteiger partial charge in [-0.25, -0.2) is 4.98 Å². The number of nitrogens with zero attached hydrogens (tertiary/aromatic N) is 4. The molecule has 2 atom stereocenters. The lowest BCUT2D eigenvalue weighted by molar-refractivity contribution is 0.468. The van der Waals surface area contributed by atoms with Gasteiger partial charge >= 0.3 is 0 Å². The third kappa shape index (κ3) is 3.96. The van der Waals surface area contributed by atoms with Gasteiger partial charge < -0.3 is 0 Å². The number of hydrogen-bond acceptors (Lipinski definition) is 5. The van der Waals surface area contributed by atoms with Gasteiger partial charge in [0.1, 0.15) is 0 Å². The fourth-order valence-electron chi connectivity index (χ4n) is 2.40. The smallest absolute Gasteiger partial charge is 0.262 e. The molecule has 0 amide bonds. The molecule has 1 aromatic heterocycles. The predicted molar refractivity (Wildman–Crippen MR) is 95.7 cm³/mol. The molecule has 0 aliphatic rings. The van der Waals surface area contributed by atoms with E-state index in [1.54, 1.807) is 10.6 Å². The van der Waals surface area contributed by atoms with Gasteiger partial charge in [0.25, 0.3) is 5.56 Å². The molecule has 2 aromatic rings.